The molecule has 0 spiro atoms. The molecule has 9 heteroatoms. The Morgan fingerprint density at radius 2 is 1.82 bits per heavy atom. The summed E-state index contributed by atoms with van der Waals surface area (Å²) in [5.74, 6) is 1.14. The number of thiocarbonyl (C=S) groups is 1. The molecule has 3 aromatic rings. The van der Waals surface area contributed by atoms with Crippen molar-refractivity contribution >= 4 is 46.1 Å². The third-order valence-corrected chi connectivity index (χ3v) is 7.94. The number of unbranched alkanes of at least 4 members (excludes halogenated alkanes) is 1. The number of thioether (sulfide) groups is 1. The molecule has 0 unspecified atom stereocenters. The molecule has 2 aromatic carbocycles. The maximum absolute atomic E-state index is 13.4. The van der Waals surface area contributed by atoms with Crippen LogP contribution >= 0.6 is 24.0 Å². The summed E-state index contributed by atoms with van der Waals surface area (Å²) in [5.41, 5.74) is 2.87. The quantitative estimate of drug-likeness (QED) is 0.247. The highest BCUT2D eigenvalue weighted by Gasteiger charge is 2.33. The zero-order chi connectivity index (χ0) is 27.9. The number of pyridine rings is 1. The van der Waals surface area contributed by atoms with Gasteiger partial charge in [0.2, 0.25) is 0 Å². The lowest BCUT2D eigenvalue weighted by molar-refractivity contribution is -0.122. The van der Waals surface area contributed by atoms with E-state index < -0.39 is 0 Å². The van der Waals surface area contributed by atoms with E-state index >= 15 is 0 Å². The van der Waals surface area contributed by atoms with Crippen LogP contribution < -0.4 is 15.6 Å². The predicted octanol–water partition coefficient (Wildman–Crippen LogP) is 5.85. The van der Waals surface area contributed by atoms with E-state index in [4.69, 9.17) is 17.0 Å². The number of methoxy groups -OCH3 is 1. The first-order chi connectivity index (χ1) is 18.9. The van der Waals surface area contributed by atoms with Crippen LogP contribution in [0.1, 0.15) is 47.6 Å². The van der Waals surface area contributed by atoms with Crippen LogP contribution in [-0.2, 0) is 24.4 Å². The van der Waals surface area contributed by atoms with Crippen molar-refractivity contribution in [3.63, 3.8) is 0 Å². The summed E-state index contributed by atoms with van der Waals surface area (Å²) < 4.78 is 7.35. The highest BCUT2D eigenvalue weighted by molar-refractivity contribution is 8.26. The molecule has 0 radical (unpaired) electrons. The molecule has 39 heavy (non-hydrogen) atoms. The van der Waals surface area contributed by atoms with E-state index in [-0.39, 0.29) is 17.0 Å². The zero-order valence-corrected chi connectivity index (χ0v) is 23.8. The Morgan fingerprint density at radius 1 is 1.10 bits per heavy atom. The molecule has 4 rings (SSSR count). The fraction of sp³-hybridized carbons (Fsp3) is 0.267. The first kappa shape index (κ1) is 28.1. The van der Waals surface area contributed by atoms with Crippen LogP contribution in [0, 0.1) is 18.3 Å². The van der Waals surface area contributed by atoms with Gasteiger partial charge in [-0.25, -0.2) is 0 Å². The number of hydrogen-bond acceptors (Lipinski definition) is 7. The van der Waals surface area contributed by atoms with Crippen molar-refractivity contribution in [1.82, 2.24) is 9.47 Å². The van der Waals surface area contributed by atoms with Gasteiger partial charge in [0, 0.05) is 18.7 Å². The molecule has 1 aliphatic rings. The predicted molar refractivity (Wildman–Crippen MR) is 161 cm³/mol. The van der Waals surface area contributed by atoms with E-state index in [0.717, 1.165) is 29.7 Å². The van der Waals surface area contributed by atoms with Crippen LogP contribution in [0.25, 0.3) is 6.08 Å². The number of ether oxygens (including phenoxy) is 1. The Bertz CT molecular complexity index is 1510. The van der Waals surface area contributed by atoms with E-state index in [1.165, 1.54) is 11.8 Å². The topological polar surface area (TPSA) is 87.4 Å². The zero-order valence-electron chi connectivity index (χ0n) is 22.2. The van der Waals surface area contributed by atoms with Crippen LogP contribution in [0.5, 0.6) is 5.75 Å². The minimum Gasteiger partial charge on any atom is -0.497 e. The van der Waals surface area contributed by atoms with Crippen LogP contribution in [0.2, 0.25) is 0 Å². The molecule has 200 valence electrons. The first-order valence-electron chi connectivity index (χ1n) is 12.7. The third-order valence-electron chi connectivity index (χ3n) is 6.56. The summed E-state index contributed by atoms with van der Waals surface area (Å²) in [6, 6.07) is 19.4. The number of aromatic nitrogens is 1. The van der Waals surface area contributed by atoms with Crippen LogP contribution in [-0.4, -0.2) is 26.8 Å². The molecule has 7 nitrogen and oxygen atoms in total. The Hall–Kier alpha value is -3.87. The molecule has 1 amide bonds. The number of amides is 1. The summed E-state index contributed by atoms with van der Waals surface area (Å²) in [7, 11) is 1.62. The molecule has 1 fully saturated rings. The number of hydrogen-bond donors (Lipinski definition) is 1. The minimum atomic E-state index is -0.338. The molecular formula is C30H30N4O3S2. The molecule has 0 aliphatic carbocycles. The van der Waals surface area contributed by atoms with Crippen molar-refractivity contribution in [3.05, 3.63) is 97.7 Å². The molecule has 1 N–H and O–H groups in total. The standard InChI is InChI=1S/C30H30N4O3S2/c1-4-5-15-33-27(32-18-21-11-13-23(37-3)14-12-21)24(20(2)25(17-31)28(33)35)16-26-29(36)34(30(38)39-26)19-22-9-7-6-8-10-22/h6-14,16,32H,4-5,15,18-19H2,1-3H3/b26-16+. The lowest BCUT2D eigenvalue weighted by atomic mass is 10.0. The van der Waals surface area contributed by atoms with E-state index in [9.17, 15) is 14.9 Å². The van der Waals surface area contributed by atoms with Crippen LogP contribution in [0.4, 0.5) is 5.82 Å². The van der Waals surface area contributed by atoms with E-state index in [1.54, 1.807) is 29.6 Å². The molecule has 1 saturated heterocycles. The second kappa shape index (κ2) is 12.8. The smallest absolute Gasteiger partial charge is 0.270 e. The summed E-state index contributed by atoms with van der Waals surface area (Å²) >= 11 is 6.79. The minimum absolute atomic E-state index is 0.0760. The van der Waals surface area contributed by atoms with Crippen molar-refractivity contribution in [2.24, 2.45) is 0 Å². The van der Waals surface area contributed by atoms with E-state index in [0.29, 0.717) is 45.8 Å². The lowest BCUT2D eigenvalue weighted by Gasteiger charge is -2.20. The van der Waals surface area contributed by atoms with Gasteiger partial charge in [0.25, 0.3) is 11.5 Å². The summed E-state index contributed by atoms with van der Waals surface area (Å²) in [6.07, 6.45) is 3.41. The van der Waals surface area contributed by atoms with Gasteiger partial charge < -0.3 is 10.1 Å². The summed E-state index contributed by atoms with van der Waals surface area (Å²) in [4.78, 5) is 28.9. The third kappa shape index (κ3) is 6.24. The second-order valence-electron chi connectivity index (χ2n) is 9.14. The number of nitrogens with zero attached hydrogens (tertiary/aromatic N) is 3. The number of rotatable bonds is 10. The van der Waals surface area contributed by atoms with Gasteiger partial charge in [-0.05, 0) is 48.2 Å². The molecule has 0 saturated carbocycles. The Kier molecular flexibility index (Phi) is 9.23. The molecule has 0 atom stereocenters. The largest absolute Gasteiger partial charge is 0.497 e. The van der Waals surface area contributed by atoms with Gasteiger partial charge in [0.05, 0.1) is 18.6 Å². The normalized spacial score (nSPS) is 14.1. The van der Waals surface area contributed by atoms with Gasteiger partial charge in [-0.3, -0.25) is 19.1 Å². The average Bonchev–Trinajstić information content (AvgIpc) is 3.21. The van der Waals surface area contributed by atoms with Crippen molar-refractivity contribution in [2.75, 3.05) is 12.4 Å². The van der Waals surface area contributed by atoms with Gasteiger partial charge in [0.15, 0.2) is 0 Å². The van der Waals surface area contributed by atoms with Crippen molar-refractivity contribution < 1.29 is 9.53 Å². The van der Waals surface area contributed by atoms with Gasteiger partial charge in [-0.2, -0.15) is 5.26 Å². The van der Waals surface area contributed by atoms with Crippen molar-refractivity contribution in [2.45, 2.75) is 46.3 Å². The Labute approximate surface area is 238 Å². The molecular weight excluding hydrogens is 528 g/mol. The molecule has 1 aliphatic heterocycles. The number of carbonyl (C=O) groups is 1. The van der Waals surface area contributed by atoms with E-state index in [2.05, 4.69) is 11.4 Å². The fourth-order valence-electron chi connectivity index (χ4n) is 4.35. The van der Waals surface area contributed by atoms with Gasteiger partial charge in [-0.15, -0.1) is 0 Å². The summed E-state index contributed by atoms with van der Waals surface area (Å²) in [6.45, 7) is 5.07. The fourth-order valence-corrected chi connectivity index (χ4v) is 5.58. The van der Waals surface area contributed by atoms with Gasteiger partial charge >= 0.3 is 0 Å². The maximum Gasteiger partial charge on any atom is 0.270 e. The highest BCUT2D eigenvalue weighted by atomic mass is 32.2. The summed E-state index contributed by atoms with van der Waals surface area (Å²) in [5, 5.41) is 13.3. The number of nitriles is 1. The highest BCUT2D eigenvalue weighted by Crippen LogP contribution is 2.36. The van der Waals surface area contributed by atoms with Crippen molar-refractivity contribution in [3.8, 4) is 11.8 Å². The maximum atomic E-state index is 13.4. The van der Waals surface area contributed by atoms with Crippen molar-refractivity contribution in [1.29, 1.82) is 5.26 Å². The number of benzene rings is 2. The second-order valence-corrected chi connectivity index (χ2v) is 10.8. The first-order valence-corrected chi connectivity index (χ1v) is 13.9. The van der Waals surface area contributed by atoms with Crippen LogP contribution in [0.3, 0.4) is 0 Å². The number of carbonyl (C=O) groups excluding carboxylic acids is 1. The molecule has 0 bridgehead atoms. The average molecular weight is 559 g/mol. The van der Waals surface area contributed by atoms with Crippen LogP contribution in [0.15, 0.2) is 64.3 Å². The SMILES string of the molecule is CCCCn1c(NCc2ccc(OC)cc2)c(/C=C2/SC(=S)N(Cc3ccccc3)C2=O)c(C)c(C#N)c1=O. The van der Waals surface area contributed by atoms with E-state index in [1.807, 2.05) is 61.5 Å². The number of anilines is 1. The Morgan fingerprint density at radius 3 is 2.46 bits per heavy atom. The lowest BCUT2D eigenvalue weighted by Crippen LogP contribution is -2.28. The monoisotopic (exact) mass is 558 g/mol. The Balaban J connectivity index is 1.77. The van der Waals surface area contributed by atoms with Gasteiger partial charge in [-0.1, -0.05) is 79.8 Å². The number of nitrogens with one attached hydrogen (secondary N) is 1. The van der Waals surface area contributed by atoms with Gasteiger partial charge in [0.1, 0.15) is 27.5 Å². The molecule has 2 heterocycles. The molecule has 1 aromatic heterocycles.